The lowest BCUT2D eigenvalue weighted by atomic mass is 9.88. The zero-order valence-electron chi connectivity index (χ0n) is 15.5. The standard InChI is InChI=1S/C21H26ClNO3/c1-15(2)26-17-10-8-16(9-11-17)18(12-13-23-21(24)14-22)19-6-4-5-7-20(19)25-3/h4-11,15,18H,12-14H2,1-3H3,(H,23,24). The summed E-state index contributed by atoms with van der Waals surface area (Å²) in [5, 5.41) is 2.84. The van der Waals surface area contributed by atoms with E-state index in [2.05, 4.69) is 23.5 Å². The molecule has 0 spiro atoms. The molecule has 140 valence electrons. The fraction of sp³-hybridized carbons (Fsp3) is 0.381. The summed E-state index contributed by atoms with van der Waals surface area (Å²) in [5.74, 6) is 1.59. The number of carbonyl (C=O) groups is 1. The highest BCUT2D eigenvalue weighted by atomic mass is 35.5. The van der Waals surface area contributed by atoms with Crippen LogP contribution in [0.25, 0.3) is 0 Å². The lowest BCUT2D eigenvalue weighted by Crippen LogP contribution is -2.26. The summed E-state index contributed by atoms with van der Waals surface area (Å²) in [6.07, 6.45) is 0.879. The first-order valence-corrected chi connectivity index (χ1v) is 9.30. The van der Waals surface area contributed by atoms with E-state index in [4.69, 9.17) is 21.1 Å². The van der Waals surface area contributed by atoms with Crippen molar-refractivity contribution in [2.75, 3.05) is 19.5 Å². The SMILES string of the molecule is COc1ccccc1C(CCNC(=O)CCl)c1ccc(OC(C)C)cc1. The fourth-order valence-corrected chi connectivity index (χ4v) is 3.00. The predicted octanol–water partition coefficient (Wildman–Crippen LogP) is 4.36. The minimum atomic E-state index is -0.161. The van der Waals surface area contributed by atoms with Crippen molar-refractivity contribution in [1.29, 1.82) is 0 Å². The van der Waals surface area contributed by atoms with E-state index in [9.17, 15) is 4.79 Å². The van der Waals surface area contributed by atoms with Crippen LogP contribution in [0.1, 0.15) is 37.3 Å². The normalized spacial score (nSPS) is 11.9. The molecule has 0 fully saturated rings. The van der Waals surface area contributed by atoms with Gasteiger partial charge in [-0.1, -0.05) is 30.3 Å². The van der Waals surface area contributed by atoms with Crippen molar-refractivity contribution in [3.8, 4) is 11.5 Å². The van der Waals surface area contributed by atoms with Crippen molar-refractivity contribution in [2.45, 2.75) is 32.3 Å². The highest BCUT2D eigenvalue weighted by Crippen LogP contribution is 2.34. The second kappa shape index (κ2) is 10.1. The Morgan fingerprint density at radius 2 is 1.81 bits per heavy atom. The van der Waals surface area contributed by atoms with Gasteiger partial charge in [-0.3, -0.25) is 4.79 Å². The van der Waals surface area contributed by atoms with Crippen molar-refractivity contribution in [1.82, 2.24) is 5.32 Å². The zero-order valence-corrected chi connectivity index (χ0v) is 16.3. The van der Waals surface area contributed by atoms with E-state index in [1.807, 2.05) is 44.2 Å². The van der Waals surface area contributed by atoms with Gasteiger partial charge in [0.1, 0.15) is 17.4 Å². The third kappa shape index (κ3) is 5.67. The lowest BCUT2D eigenvalue weighted by molar-refractivity contribution is -0.118. The van der Waals surface area contributed by atoms with Crippen molar-refractivity contribution < 1.29 is 14.3 Å². The van der Waals surface area contributed by atoms with Gasteiger partial charge < -0.3 is 14.8 Å². The van der Waals surface area contributed by atoms with Gasteiger partial charge in [0.2, 0.25) is 5.91 Å². The van der Waals surface area contributed by atoms with Crippen LogP contribution in [0.15, 0.2) is 48.5 Å². The summed E-state index contributed by atoms with van der Waals surface area (Å²) in [6, 6.07) is 16.1. The van der Waals surface area contributed by atoms with Gasteiger partial charge in [0.05, 0.1) is 13.2 Å². The maximum Gasteiger partial charge on any atom is 0.234 e. The van der Waals surface area contributed by atoms with Crippen LogP contribution >= 0.6 is 11.6 Å². The number of hydrogen-bond donors (Lipinski definition) is 1. The maximum atomic E-state index is 11.5. The molecule has 0 aromatic heterocycles. The number of para-hydroxylation sites is 1. The molecule has 0 heterocycles. The largest absolute Gasteiger partial charge is 0.496 e. The van der Waals surface area contributed by atoms with E-state index in [0.717, 1.165) is 29.0 Å². The molecule has 0 aliphatic heterocycles. The molecule has 0 aliphatic rings. The van der Waals surface area contributed by atoms with Gasteiger partial charge >= 0.3 is 0 Å². The number of benzene rings is 2. The van der Waals surface area contributed by atoms with Crippen molar-refractivity contribution in [2.24, 2.45) is 0 Å². The highest BCUT2D eigenvalue weighted by molar-refractivity contribution is 6.27. The Balaban J connectivity index is 2.26. The fourth-order valence-electron chi connectivity index (χ4n) is 2.91. The Morgan fingerprint density at radius 3 is 2.42 bits per heavy atom. The van der Waals surface area contributed by atoms with Crippen molar-refractivity contribution in [3.05, 3.63) is 59.7 Å². The van der Waals surface area contributed by atoms with Gasteiger partial charge in [0.25, 0.3) is 0 Å². The molecule has 1 amide bonds. The summed E-state index contributed by atoms with van der Waals surface area (Å²) in [5.41, 5.74) is 2.23. The van der Waals surface area contributed by atoms with Crippen LogP contribution in [-0.2, 0) is 4.79 Å². The van der Waals surface area contributed by atoms with E-state index in [-0.39, 0.29) is 23.8 Å². The van der Waals surface area contributed by atoms with Gasteiger partial charge in [0, 0.05) is 18.0 Å². The summed E-state index contributed by atoms with van der Waals surface area (Å²) in [6.45, 7) is 4.55. The minimum absolute atomic E-state index is 0.0272. The molecular formula is C21H26ClNO3. The molecule has 0 saturated heterocycles. The van der Waals surface area contributed by atoms with E-state index in [1.54, 1.807) is 7.11 Å². The van der Waals surface area contributed by atoms with Crippen LogP contribution < -0.4 is 14.8 Å². The van der Waals surface area contributed by atoms with Crippen LogP contribution in [-0.4, -0.2) is 31.5 Å². The first-order chi connectivity index (χ1) is 12.5. The molecule has 2 aromatic carbocycles. The molecule has 2 aromatic rings. The second-order valence-electron chi connectivity index (χ2n) is 6.30. The zero-order chi connectivity index (χ0) is 18.9. The van der Waals surface area contributed by atoms with Crippen LogP contribution in [0.4, 0.5) is 0 Å². The highest BCUT2D eigenvalue weighted by Gasteiger charge is 2.18. The number of carbonyl (C=O) groups excluding carboxylic acids is 1. The van der Waals surface area contributed by atoms with Crippen LogP contribution in [0.5, 0.6) is 11.5 Å². The molecular weight excluding hydrogens is 350 g/mol. The maximum absolute atomic E-state index is 11.5. The quantitative estimate of drug-likeness (QED) is 0.662. The van der Waals surface area contributed by atoms with Gasteiger partial charge in [-0.05, 0) is 44.0 Å². The van der Waals surface area contributed by atoms with Crippen molar-refractivity contribution >= 4 is 17.5 Å². The number of hydrogen-bond acceptors (Lipinski definition) is 3. The molecule has 0 saturated carbocycles. The Labute approximate surface area is 160 Å². The Morgan fingerprint density at radius 1 is 1.12 bits per heavy atom. The second-order valence-corrected chi connectivity index (χ2v) is 6.57. The molecule has 2 rings (SSSR count). The Kier molecular flexibility index (Phi) is 7.79. The van der Waals surface area contributed by atoms with Gasteiger partial charge in [-0.25, -0.2) is 0 Å². The van der Waals surface area contributed by atoms with Gasteiger partial charge in [0.15, 0.2) is 0 Å². The van der Waals surface area contributed by atoms with Crippen LogP contribution in [0, 0.1) is 0 Å². The smallest absolute Gasteiger partial charge is 0.234 e. The minimum Gasteiger partial charge on any atom is -0.496 e. The first-order valence-electron chi connectivity index (χ1n) is 8.77. The molecule has 5 heteroatoms. The summed E-state index contributed by atoms with van der Waals surface area (Å²) >= 11 is 5.56. The van der Waals surface area contributed by atoms with Crippen molar-refractivity contribution in [3.63, 3.8) is 0 Å². The molecule has 26 heavy (non-hydrogen) atoms. The molecule has 1 N–H and O–H groups in total. The summed E-state index contributed by atoms with van der Waals surface area (Å²) in [7, 11) is 1.67. The average molecular weight is 376 g/mol. The number of halogens is 1. The molecule has 0 aliphatic carbocycles. The monoisotopic (exact) mass is 375 g/mol. The topological polar surface area (TPSA) is 47.6 Å². The molecule has 1 unspecified atom stereocenters. The molecule has 0 radical (unpaired) electrons. The number of amides is 1. The number of nitrogens with one attached hydrogen (secondary N) is 1. The molecule has 1 atom stereocenters. The Bertz CT molecular complexity index is 701. The van der Waals surface area contributed by atoms with Crippen LogP contribution in [0.3, 0.4) is 0 Å². The summed E-state index contributed by atoms with van der Waals surface area (Å²) in [4.78, 5) is 11.5. The average Bonchev–Trinajstić information content (AvgIpc) is 2.65. The van der Waals surface area contributed by atoms with E-state index >= 15 is 0 Å². The Hall–Kier alpha value is -2.20. The summed E-state index contributed by atoms with van der Waals surface area (Å²) < 4.78 is 11.3. The van der Waals surface area contributed by atoms with E-state index < -0.39 is 0 Å². The van der Waals surface area contributed by atoms with E-state index in [0.29, 0.717) is 6.54 Å². The van der Waals surface area contributed by atoms with Gasteiger partial charge in [-0.2, -0.15) is 0 Å². The van der Waals surface area contributed by atoms with Crippen LogP contribution in [0.2, 0.25) is 0 Å². The third-order valence-corrected chi connectivity index (χ3v) is 4.29. The molecule has 4 nitrogen and oxygen atoms in total. The van der Waals surface area contributed by atoms with E-state index in [1.165, 1.54) is 0 Å². The third-order valence-electron chi connectivity index (χ3n) is 4.05. The molecule has 0 bridgehead atoms. The number of methoxy groups -OCH3 is 1. The number of rotatable bonds is 9. The number of ether oxygens (including phenoxy) is 2. The van der Waals surface area contributed by atoms with Gasteiger partial charge in [-0.15, -0.1) is 11.6 Å². The lowest BCUT2D eigenvalue weighted by Gasteiger charge is -2.21. The number of alkyl halides is 1. The predicted molar refractivity (Wildman–Crippen MR) is 105 cm³/mol. The first kappa shape index (κ1) is 20.1.